The molecule has 0 spiro atoms. The number of carbonyl (C=O) groups is 1. The van der Waals surface area contributed by atoms with E-state index in [0.29, 0.717) is 22.8 Å². The molecule has 2 rings (SSSR count). The van der Waals surface area contributed by atoms with Gasteiger partial charge < -0.3 is 10.6 Å². The van der Waals surface area contributed by atoms with Crippen LogP contribution in [0.2, 0.25) is 0 Å². The Morgan fingerprint density at radius 3 is 2.53 bits per heavy atom. The van der Waals surface area contributed by atoms with E-state index >= 15 is 0 Å². The standard InChI is InChI=1S/C14H24N4O/c1-14(2)7-5-10(6-8-14)17(3)13(19)12-11(15)9-16-18(12)4/h9-10H,5-8,15H2,1-4H3. The minimum atomic E-state index is -0.0257. The largest absolute Gasteiger partial charge is 0.396 e. The van der Waals surface area contributed by atoms with Crippen LogP contribution in [0, 0.1) is 5.41 Å². The van der Waals surface area contributed by atoms with Gasteiger partial charge in [0.1, 0.15) is 5.69 Å². The first kappa shape index (κ1) is 13.9. The SMILES string of the molecule is CN(C(=O)c1c(N)cnn1C)C1CCC(C)(C)CC1. The van der Waals surface area contributed by atoms with E-state index in [0.717, 1.165) is 25.7 Å². The fourth-order valence-electron chi connectivity index (χ4n) is 2.82. The molecular formula is C14H24N4O. The zero-order valence-electron chi connectivity index (χ0n) is 12.3. The van der Waals surface area contributed by atoms with Crippen molar-refractivity contribution in [2.24, 2.45) is 12.5 Å². The first-order valence-electron chi connectivity index (χ1n) is 6.86. The lowest BCUT2D eigenvalue weighted by atomic mass is 9.75. The zero-order valence-corrected chi connectivity index (χ0v) is 12.3. The Labute approximate surface area is 114 Å². The lowest BCUT2D eigenvalue weighted by molar-refractivity contribution is 0.0625. The normalized spacial score (nSPS) is 19.4. The molecule has 1 heterocycles. The third-order valence-corrected chi connectivity index (χ3v) is 4.35. The van der Waals surface area contributed by atoms with Crippen molar-refractivity contribution >= 4 is 11.6 Å². The summed E-state index contributed by atoms with van der Waals surface area (Å²) in [5.74, 6) is -0.0257. The van der Waals surface area contributed by atoms with Crippen LogP contribution in [0.5, 0.6) is 0 Å². The lowest BCUT2D eigenvalue weighted by Crippen LogP contribution is -2.41. The van der Waals surface area contributed by atoms with Crippen LogP contribution in [0.4, 0.5) is 5.69 Å². The molecule has 19 heavy (non-hydrogen) atoms. The van der Waals surface area contributed by atoms with Crippen molar-refractivity contribution in [3.05, 3.63) is 11.9 Å². The number of carbonyl (C=O) groups excluding carboxylic acids is 1. The van der Waals surface area contributed by atoms with E-state index in [4.69, 9.17) is 5.73 Å². The number of nitrogens with zero attached hydrogens (tertiary/aromatic N) is 3. The number of amides is 1. The van der Waals surface area contributed by atoms with Crippen LogP contribution in [0.1, 0.15) is 50.0 Å². The minimum absolute atomic E-state index is 0.0257. The van der Waals surface area contributed by atoms with Gasteiger partial charge >= 0.3 is 0 Å². The van der Waals surface area contributed by atoms with Crippen LogP contribution in [0.25, 0.3) is 0 Å². The molecule has 1 aliphatic rings. The molecule has 0 bridgehead atoms. The number of anilines is 1. The van der Waals surface area contributed by atoms with Gasteiger partial charge in [0, 0.05) is 20.1 Å². The van der Waals surface area contributed by atoms with Crippen LogP contribution < -0.4 is 5.73 Å². The summed E-state index contributed by atoms with van der Waals surface area (Å²) in [6.07, 6.45) is 5.98. The molecule has 1 saturated carbocycles. The smallest absolute Gasteiger partial charge is 0.274 e. The number of nitrogens with two attached hydrogens (primary N) is 1. The predicted octanol–water partition coefficient (Wildman–Crippen LogP) is 2.04. The first-order chi connectivity index (χ1) is 8.82. The highest BCUT2D eigenvalue weighted by Gasteiger charge is 2.32. The molecule has 0 aliphatic heterocycles. The number of aryl methyl sites for hydroxylation is 1. The molecule has 5 nitrogen and oxygen atoms in total. The Balaban J connectivity index is 2.09. The monoisotopic (exact) mass is 264 g/mol. The van der Waals surface area contributed by atoms with Gasteiger partial charge in [-0.25, -0.2) is 0 Å². The highest BCUT2D eigenvalue weighted by Crippen LogP contribution is 2.36. The van der Waals surface area contributed by atoms with Gasteiger partial charge in [-0.05, 0) is 31.1 Å². The maximum atomic E-state index is 12.5. The van der Waals surface area contributed by atoms with Gasteiger partial charge in [-0.2, -0.15) is 5.10 Å². The minimum Gasteiger partial charge on any atom is -0.396 e. The van der Waals surface area contributed by atoms with Crippen molar-refractivity contribution in [2.45, 2.75) is 45.6 Å². The summed E-state index contributed by atoms with van der Waals surface area (Å²) in [6.45, 7) is 4.59. The summed E-state index contributed by atoms with van der Waals surface area (Å²) >= 11 is 0. The number of rotatable bonds is 2. The summed E-state index contributed by atoms with van der Waals surface area (Å²) in [7, 11) is 3.62. The quantitative estimate of drug-likeness (QED) is 0.889. The summed E-state index contributed by atoms with van der Waals surface area (Å²) < 4.78 is 1.56. The summed E-state index contributed by atoms with van der Waals surface area (Å²) in [4.78, 5) is 14.3. The number of nitrogen functional groups attached to an aromatic ring is 1. The Morgan fingerprint density at radius 1 is 1.47 bits per heavy atom. The molecule has 0 aromatic carbocycles. The predicted molar refractivity (Wildman–Crippen MR) is 75.8 cm³/mol. The average Bonchev–Trinajstić information content (AvgIpc) is 2.67. The number of hydrogen-bond donors (Lipinski definition) is 1. The van der Waals surface area contributed by atoms with E-state index < -0.39 is 0 Å². The second-order valence-electron chi connectivity index (χ2n) is 6.38. The third-order valence-electron chi connectivity index (χ3n) is 4.35. The van der Waals surface area contributed by atoms with Gasteiger partial charge in [0.15, 0.2) is 0 Å². The van der Waals surface area contributed by atoms with Gasteiger partial charge in [-0.15, -0.1) is 0 Å². The van der Waals surface area contributed by atoms with Crippen LogP contribution >= 0.6 is 0 Å². The van der Waals surface area contributed by atoms with E-state index in [9.17, 15) is 4.79 Å². The van der Waals surface area contributed by atoms with E-state index in [1.807, 2.05) is 11.9 Å². The fraction of sp³-hybridized carbons (Fsp3) is 0.714. The van der Waals surface area contributed by atoms with Crippen molar-refractivity contribution in [3.8, 4) is 0 Å². The molecule has 0 radical (unpaired) electrons. The molecule has 1 fully saturated rings. The van der Waals surface area contributed by atoms with Gasteiger partial charge in [0.2, 0.25) is 0 Å². The van der Waals surface area contributed by atoms with Crippen molar-refractivity contribution in [3.63, 3.8) is 0 Å². The molecule has 0 unspecified atom stereocenters. The highest BCUT2D eigenvalue weighted by molar-refractivity contribution is 5.97. The Bertz CT molecular complexity index is 448. The Hall–Kier alpha value is -1.52. The van der Waals surface area contributed by atoms with E-state index in [-0.39, 0.29) is 5.91 Å². The molecule has 1 aliphatic carbocycles. The molecule has 0 saturated heterocycles. The molecule has 0 atom stereocenters. The van der Waals surface area contributed by atoms with Crippen molar-refractivity contribution in [1.29, 1.82) is 0 Å². The van der Waals surface area contributed by atoms with Crippen LogP contribution in [-0.2, 0) is 7.05 Å². The van der Waals surface area contributed by atoms with E-state index in [2.05, 4.69) is 18.9 Å². The topological polar surface area (TPSA) is 64.2 Å². The van der Waals surface area contributed by atoms with Gasteiger partial charge in [-0.3, -0.25) is 9.48 Å². The number of hydrogen-bond acceptors (Lipinski definition) is 3. The van der Waals surface area contributed by atoms with E-state index in [1.165, 1.54) is 6.20 Å². The molecule has 2 N–H and O–H groups in total. The van der Waals surface area contributed by atoms with Gasteiger partial charge in [0.25, 0.3) is 5.91 Å². The van der Waals surface area contributed by atoms with Gasteiger partial charge in [-0.1, -0.05) is 13.8 Å². The average molecular weight is 264 g/mol. The molecule has 106 valence electrons. The third kappa shape index (κ3) is 2.74. The summed E-state index contributed by atoms with van der Waals surface area (Å²) in [6, 6.07) is 0.315. The van der Waals surface area contributed by atoms with Crippen molar-refractivity contribution in [1.82, 2.24) is 14.7 Å². The number of aromatic nitrogens is 2. The second kappa shape index (κ2) is 4.87. The second-order valence-corrected chi connectivity index (χ2v) is 6.38. The molecular weight excluding hydrogens is 240 g/mol. The molecule has 5 heteroatoms. The van der Waals surface area contributed by atoms with E-state index in [1.54, 1.807) is 11.7 Å². The Morgan fingerprint density at radius 2 is 2.05 bits per heavy atom. The molecule has 1 amide bonds. The first-order valence-corrected chi connectivity index (χ1v) is 6.86. The van der Waals surface area contributed by atoms with Crippen LogP contribution in [-0.4, -0.2) is 33.7 Å². The maximum Gasteiger partial charge on any atom is 0.274 e. The lowest BCUT2D eigenvalue weighted by Gasteiger charge is -2.38. The zero-order chi connectivity index (χ0) is 14.2. The molecule has 1 aromatic heterocycles. The maximum absolute atomic E-state index is 12.5. The van der Waals surface area contributed by atoms with Crippen LogP contribution in [0.3, 0.4) is 0 Å². The summed E-state index contributed by atoms with van der Waals surface area (Å²) in [5, 5.41) is 4.03. The Kier molecular flexibility index (Phi) is 3.56. The van der Waals surface area contributed by atoms with Gasteiger partial charge in [0.05, 0.1) is 11.9 Å². The summed E-state index contributed by atoms with van der Waals surface area (Å²) in [5.41, 5.74) is 7.18. The highest BCUT2D eigenvalue weighted by atomic mass is 16.2. The van der Waals surface area contributed by atoms with Crippen molar-refractivity contribution in [2.75, 3.05) is 12.8 Å². The fourth-order valence-corrected chi connectivity index (χ4v) is 2.82. The van der Waals surface area contributed by atoms with Crippen LogP contribution in [0.15, 0.2) is 6.20 Å². The molecule has 1 aromatic rings. The van der Waals surface area contributed by atoms with Crippen molar-refractivity contribution < 1.29 is 4.79 Å².